The van der Waals surface area contributed by atoms with Crippen LogP contribution in [-0.2, 0) is 18.3 Å². The van der Waals surface area contributed by atoms with Crippen LogP contribution >= 0.6 is 0 Å². The molecule has 0 saturated carbocycles. The topological polar surface area (TPSA) is 29.5 Å². The van der Waals surface area contributed by atoms with Crippen LogP contribution in [-0.4, -0.2) is 18.8 Å². The predicted octanol–water partition coefficient (Wildman–Crippen LogP) is 4.43. The van der Waals surface area contributed by atoms with E-state index in [2.05, 4.69) is 45.0 Å². The van der Waals surface area contributed by atoms with E-state index in [0.29, 0.717) is 0 Å². The van der Waals surface area contributed by atoms with E-state index in [4.69, 9.17) is 4.74 Å². The predicted molar refractivity (Wildman–Crippen MR) is 95.3 cm³/mol. The fourth-order valence-electron chi connectivity index (χ4n) is 3.47. The van der Waals surface area contributed by atoms with Gasteiger partial charge in [0.05, 0.1) is 13.7 Å². The number of rotatable bonds is 4. The molecular weight excluding hydrogens is 284 g/mol. The Morgan fingerprint density at radius 3 is 2.39 bits per heavy atom. The van der Waals surface area contributed by atoms with Crippen molar-refractivity contribution < 1.29 is 9.84 Å². The van der Waals surface area contributed by atoms with Crippen LogP contribution in [0.5, 0.6) is 5.75 Å². The molecule has 0 amide bonds. The Morgan fingerprint density at radius 2 is 1.74 bits per heavy atom. The molecule has 0 bridgehead atoms. The maximum Gasteiger partial charge on any atom is 0.126 e. The molecule has 2 aromatic rings. The lowest BCUT2D eigenvalue weighted by Crippen LogP contribution is -2.22. The Kier molecular flexibility index (Phi) is 4.20. The second-order valence-corrected chi connectivity index (χ2v) is 7.25. The van der Waals surface area contributed by atoms with E-state index < -0.39 is 0 Å². The lowest BCUT2D eigenvalue weighted by molar-refractivity contribution is 0.218. The monoisotopic (exact) mass is 310 g/mol. The minimum absolute atomic E-state index is 0.127. The average molecular weight is 310 g/mol. The summed E-state index contributed by atoms with van der Waals surface area (Å²) in [5, 5.41) is 9.69. The van der Waals surface area contributed by atoms with Crippen molar-refractivity contribution in [3.05, 3.63) is 52.6 Å². The number of benzene rings is 2. The Morgan fingerprint density at radius 1 is 1.04 bits per heavy atom. The van der Waals surface area contributed by atoms with Crippen LogP contribution in [0.2, 0.25) is 0 Å². The second-order valence-electron chi connectivity index (χ2n) is 7.25. The highest BCUT2D eigenvalue weighted by Crippen LogP contribution is 2.38. The summed E-state index contributed by atoms with van der Waals surface area (Å²) in [6.07, 6.45) is 3.63. The number of hydrogen-bond donors (Lipinski definition) is 1. The summed E-state index contributed by atoms with van der Waals surface area (Å²) in [6.45, 7) is 6.43. The third-order valence-corrected chi connectivity index (χ3v) is 5.11. The molecular formula is C21H26O2. The van der Waals surface area contributed by atoms with E-state index in [9.17, 15) is 5.11 Å². The molecule has 0 radical (unpaired) electrons. The van der Waals surface area contributed by atoms with Crippen LogP contribution in [0.3, 0.4) is 0 Å². The first kappa shape index (κ1) is 16.1. The summed E-state index contributed by atoms with van der Waals surface area (Å²) in [4.78, 5) is 0. The molecule has 0 heterocycles. The van der Waals surface area contributed by atoms with Gasteiger partial charge >= 0.3 is 0 Å². The number of methoxy groups -OCH3 is 1. The molecule has 0 aliphatic heterocycles. The van der Waals surface area contributed by atoms with Gasteiger partial charge in [0.2, 0.25) is 0 Å². The quantitative estimate of drug-likeness (QED) is 0.905. The normalized spacial score (nSPS) is 14.0. The highest BCUT2D eigenvalue weighted by atomic mass is 16.5. The van der Waals surface area contributed by atoms with E-state index in [0.717, 1.165) is 16.9 Å². The van der Waals surface area contributed by atoms with Crippen LogP contribution in [0.4, 0.5) is 0 Å². The number of hydrogen-bond acceptors (Lipinski definition) is 2. The highest BCUT2D eigenvalue weighted by Gasteiger charge is 2.22. The molecule has 0 aromatic heterocycles. The molecule has 1 aliphatic carbocycles. The molecule has 1 aliphatic rings. The Balaban J connectivity index is 2.17. The largest absolute Gasteiger partial charge is 0.496 e. The van der Waals surface area contributed by atoms with Gasteiger partial charge in [-0.1, -0.05) is 32.0 Å². The van der Waals surface area contributed by atoms with Crippen molar-refractivity contribution in [3.8, 4) is 16.9 Å². The Labute approximate surface area is 139 Å². The molecule has 23 heavy (non-hydrogen) atoms. The molecule has 0 saturated heterocycles. The maximum absolute atomic E-state index is 9.69. The SMILES string of the molecule is COc1ccc(C(C)(C)CO)cc1-c1cc2c(cc1C)CCC2. The third kappa shape index (κ3) is 2.88. The lowest BCUT2D eigenvalue weighted by atomic mass is 9.83. The Bertz CT molecular complexity index is 729. The number of aliphatic hydroxyl groups excluding tert-OH is 1. The summed E-state index contributed by atoms with van der Waals surface area (Å²) in [7, 11) is 1.72. The van der Waals surface area contributed by atoms with Crippen molar-refractivity contribution >= 4 is 0 Å². The van der Waals surface area contributed by atoms with Crippen molar-refractivity contribution in [1.29, 1.82) is 0 Å². The van der Waals surface area contributed by atoms with Crippen LogP contribution in [0.15, 0.2) is 30.3 Å². The first-order valence-electron chi connectivity index (χ1n) is 8.38. The minimum atomic E-state index is -0.258. The van der Waals surface area contributed by atoms with Crippen LogP contribution in [0.25, 0.3) is 11.1 Å². The molecule has 0 unspecified atom stereocenters. The van der Waals surface area contributed by atoms with Gasteiger partial charge in [-0.25, -0.2) is 0 Å². The molecule has 2 heteroatoms. The van der Waals surface area contributed by atoms with Gasteiger partial charge in [-0.05, 0) is 66.1 Å². The van der Waals surface area contributed by atoms with Gasteiger partial charge in [0.25, 0.3) is 0 Å². The summed E-state index contributed by atoms with van der Waals surface area (Å²) < 4.78 is 5.61. The van der Waals surface area contributed by atoms with Crippen molar-refractivity contribution in [3.63, 3.8) is 0 Å². The van der Waals surface area contributed by atoms with E-state index in [1.54, 1.807) is 7.11 Å². The summed E-state index contributed by atoms with van der Waals surface area (Å²) in [5.41, 5.74) is 7.51. The molecule has 0 atom stereocenters. The molecule has 1 N–H and O–H groups in total. The highest BCUT2D eigenvalue weighted by molar-refractivity contribution is 5.75. The van der Waals surface area contributed by atoms with E-state index in [-0.39, 0.29) is 12.0 Å². The maximum atomic E-state index is 9.69. The average Bonchev–Trinajstić information content (AvgIpc) is 3.00. The van der Waals surface area contributed by atoms with E-state index >= 15 is 0 Å². The van der Waals surface area contributed by atoms with Gasteiger partial charge in [0.1, 0.15) is 5.75 Å². The van der Waals surface area contributed by atoms with Crippen LogP contribution < -0.4 is 4.74 Å². The molecule has 3 rings (SSSR count). The second kappa shape index (κ2) is 6.01. The van der Waals surface area contributed by atoms with Crippen molar-refractivity contribution in [1.82, 2.24) is 0 Å². The van der Waals surface area contributed by atoms with Crippen molar-refractivity contribution in [2.45, 2.75) is 45.4 Å². The summed E-state index contributed by atoms with van der Waals surface area (Å²) in [5.74, 6) is 0.892. The van der Waals surface area contributed by atoms with Gasteiger partial charge in [0, 0.05) is 11.0 Å². The van der Waals surface area contributed by atoms with E-state index in [1.165, 1.54) is 41.5 Å². The molecule has 122 valence electrons. The van der Waals surface area contributed by atoms with Gasteiger partial charge in [0.15, 0.2) is 0 Å². The van der Waals surface area contributed by atoms with Crippen LogP contribution in [0, 0.1) is 6.92 Å². The first-order valence-corrected chi connectivity index (χ1v) is 8.38. The van der Waals surface area contributed by atoms with Gasteiger partial charge in [-0.2, -0.15) is 0 Å². The zero-order valence-corrected chi connectivity index (χ0v) is 14.6. The molecule has 2 nitrogen and oxygen atoms in total. The van der Waals surface area contributed by atoms with Gasteiger partial charge in [-0.15, -0.1) is 0 Å². The summed E-state index contributed by atoms with van der Waals surface area (Å²) in [6, 6.07) is 10.9. The molecule has 0 spiro atoms. The minimum Gasteiger partial charge on any atom is -0.496 e. The smallest absolute Gasteiger partial charge is 0.126 e. The fourth-order valence-corrected chi connectivity index (χ4v) is 3.47. The van der Waals surface area contributed by atoms with Gasteiger partial charge < -0.3 is 9.84 Å². The summed E-state index contributed by atoms with van der Waals surface area (Å²) >= 11 is 0. The molecule has 2 aromatic carbocycles. The van der Waals surface area contributed by atoms with Crippen molar-refractivity contribution in [2.75, 3.05) is 13.7 Å². The number of aliphatic hydroxyl groups is 1. The standard InChI is InChI=1S/C21H26O2/c1-14-10-15-6-5-7-16(15)11-18(14)19-12-17(21(2,3)13-22)8-9-20(19)23-4/h8-12,22H,5-7,13H2,1-4H3. The third-order valence-electron chi connectivity index (χ3n) is 5.11. The fraction of sp³-hybridized carbons (Fsp3) is 0.429. The first-order chi connectivity index (χ1) is 11.0. The number of aryl methyl sites for hydroxylation is 3. The van der Waals surface area contributed by atoms with E-state index in [1.807, 2.05) is 6.07 Å². The number of fused-ring (bicyclic) bond motifs is 1. The molecule has 0 fully saturated rings. The lowest BCUT2D eigenvalue weighted by Gasteiger charge is -2.24. The number of ether oxygens (including phenoxy) is 1. The zero-order valence-electron chi connectivity index (χ0n) is 14.6. The van der Waals surface area contributed by atoms with Gasteiger partial charge in [-0.3, -0.25) is 0 Å². The Hall–Kier alpha value is -1.80. The van der Waals surface area contributed by atoms with Crippen molar-refractivity contribution in [2.24, 2.45) is 0 Å². The van der Waals surface area contributed by atoms with Crippen LogP contribution in [0.1, 0.15) is 42.5 Å². The zero-order chi connectivity index (χ0) is 16.6.